The normalized spacial score (nSPS) is 22.3. The van der Waals surface area contributed by atoms with E-state index in [9.17, 15) is 9.90 Å². The number of pyridine rings is 1. The van der Waals surface area contributed by atoms with Gasteiger partial charge in [0.2, 0.25) is 0 Å². The molecular formula is C17H16N2O3. The molecule has 3 rings (SSSR count). The lowest BCUT2D eigenvalue weighted by atomic mass is 9.86. The van der Waals surface area contributed by atoms with Gasteiger partial charge in [-0.2, -0.15) is 0 Å². The fourth-order valence-electron chi connectivity index (χ4n) is 2.80. The van der Waals surface area contributed by atoms with E-state index < -0.39 is 17.7 Å². The van der Waals surface area contributed by atoms with Gasteiger partial charge >= 0.3 is 0 Å². The standard InChI is InChI=1S/C17H16N2O3/c1-17(2)16(21)15(19-9-5-4-6-14(19)20)12-10-11(18-3)7-8-13(12)22-17/h4-10,15-16,21H,1-2H3/t15-,16+/m1/s1. The minimum atomic E-state index is -0.916. The number of ether oxygens (including phenoxy) is 1. The number of aliphatic hydroxyl groups is 1. The Morgan fingerprint density at radius 1 is 1.32 bits per heavy atom. The van der Waals surface area contributed by atoms with Crippen LogP contribution in [0.5, 0.6) is 5.75 Å². The molecule has 0 saturated carbocycles. The lowest BCUT2D eigenvalue weighted by Crippen LogP contribution is -2.52. The highest BCUT2D eigenvalue weighted by Crippen LogP contribution is 2.42. The monoisotopic (exact) mass is 296 g/mol. The lowest BCUT2D eigenvalue weighted by molar-refractivity contribution is -0.0642. The van der Waals surface area contributed by atoms with Crippen molar-refractivity contribution < 1.29 is 9.84 Å². The second-order valence-corrected chi connectivity index (χ2v) is 5.88. The predicted octanol–water partition coefficient (Wildman–Crippen LogP) is 2.52. The lowest BCUT2D eigenvalue weighted by Gasteiger charge is -2.42. The average molecular weight is 296 g/mol. The molecule has 0 fully saturated rings. The Morgan fingerprint density at radius 2 is 2.09 bits per heavy atom. The molecule has 2 heterocycles. The molecule has 22 heavy (non-hydrogen) atoms. The van der Waals surface area contributed by atoms with Crippen molar-refractivity contribution in [3.05, 3.63) is 69.9 Å². The van der Waals surface area contributed by atoms with E-state index in [1.54, 1.807) is 50.4 Å². The molecule has 0 saturated heterocycles. The van der Waals surface area contributed by atoms with Crippen LogP contribution in [-0.4, -0.2) is 21.4 Å². The quantitative estimate of drug-likeness (QED) is 0.823. The minimum absolute atomic E-state index is 0.205. The maximum absolute atomic E-state index is 12.2. The van der Waals surface area contributed by atoms with Gasteiger partial charge in [0.25, 0.3) is 5.56 Å². The highest BCUT2D eigenvalue weighted by Gasteiger charge is 2.43. The molecule has 1 aromatic heterocycles. The maximum Gasteiger partial charge on any atom is 0.251 e. The maximum atomic E-state index is 12.2. The van der Waals surface area contributed by atoms with E-state index in [1.165, 1.54) is 10.6 Å². The summed E-state index contributed by atoms with van der Waals surface area (Å²) in [6.07, 6.45) is 0.729. The van der Waals surface area contributed by atoms with Gasteiger partial charge in [-0.05, 0) is 32.0 Å². The molecule has 2 atom stereocenters. The number of nitrogens with zero attached hydrogens (tertiary/aromatic N) is 2. The van der Waals surface area contributed by atoms with Gasteiger partial charge in [-0.3, -0.25) is 4.79 Å². The predicted molar refractivity (Wildman–Crippen MR) is 82.3 cm³/mol. The van der Waals surface area contributed by atoms with Crippen molar-refractivity contribution in [3.63, 3.8) is 0 Å². The fourth-order valence-corrected chi connectivity index (χ4v) is 2.80. The van der Waals surface area contributed by atoms with Crippen molar-refractivity contribution in [2.75, 3.05) is 0 Å². The van der Waals surface area contributed by atoms with Gasteiger partial charge in [0.15, 0.2) is 5.69 Å². The van der Waals surface area contributed by atoms with Crippen LogP contribution < -0.4 is 10.3 Å². The number of fused-ring (bicyclic) bond motifs is 1. The van der Waals surface area contributed by atoms with Crippen LogP contribution in [0.4, 0.5) is 5.69 Å². The van der Waals surface area contributed by atoms with E-state index in [0.29, 0.717) is 17.0 Å². The Labute approximate surface area is 128 Å². The number of rotatable bonds is 1. The molecule has 0 bridgehead atoms. The SMILES string of the molecule is [C-]#[N+]c1ccc2c(c1)[C@@H](n1ccccc1=O)[C@H](O)C(C)(C)O2. The highest BCUT2D eigenvalue weighted by atomic mass is 16.5. The summed E-state index contributed by atoms with van der Waals surface area (Å²) in [5.74, 6) is 0.587. The number of hydrogen-bond donors (Lipinski definition) is 1. The summed E-state index contributed by atoms with van der Waals surface area (Å²) in [6.45, 7) is 10.7. The minimum Gasteiger partial charge on any atom is -0.485 e. The molecule has 112 valence electrons. The van der Waals surface area contributed by atoms with Crippen LogP contribution in [-0.2, 0) is 0 Å². The van der Waals surface area contributed by atoms with Crippen LogP contribution in [0, 0.1) is 6.57 Å². The Balaban J connectivity index is 2.26. The molecular weight excluding hydrogens is 280 g/mol. The summed E-state index contributed by atoms with van der Waals surface area (Å²) in [6, 6.07) is 9.33. The third kappa shape index (κ3) is 2.18. The third-order valence-electron chi connectivity index (χ3n) is 3.98. The van der Waals surface area contributed by atoms with Gasteiger partial charge in [0, 0.05) is 17.8 Å². The van der Waals surface area contributed by atoms with Crippen molar-refractivity contribution in [1.29, 1.82) is 0 Å². The molecule has 0 aliphatic carbocycles. The molecule has 5 nitrogen and oxygen atoms in total. The van der Waals surface area contributed by atoms with Crippen LogP contribution in [0.25, 0.3) is 4.85 Å². The molecule has 1 aliphatic rings. The van der Waals surface area contributed by atoms with Crippen LogP contribution in [0.15, 0.2) is 47.4 Å². The first-order chi connectivity index (χ1) is 10.4. The molecule has 1 N–H and O–H groups in total. The van der Waals surface area contributed by atoms with E-state index in [-0.39, 0.29) is 5.56 Å². The second-order valence-electron chi connectivity index (χ2n) is 5.88. The van der Waals surface area contributed by atoms with Gasteiger partial charge in [0.1, 0.15) is 17.5 Å². The Morgan fingerprint density at radius 3 is 2.77 bits per heavy atom. The van der Waals surface area contributed by atoms with Crippen LogP contribution >= 0.6 is 0 Å². The van der Waals surface area contributed by atoms with Crippen LogP contribution in [0.3, 0.4) is 0 Å². The third-order valence-corrected chi connectivity index (χ3v) is 3.98. The summed E-state index contributed by atoms with van der Waals surface area (Å²) in [5.41, 5.74) is 0.0484. The first kappa shape index (κ1) is 14.4. The van der Waals surface area contributed by atoms with Gasteiger partial charge in [-0.1, -0.05) is 12.1 Å². The Kier molecular flexibility index (Phi) is 3.27. The van der Waals surface area contributed by atoms with E-state index in [1.807, 2.05) is 0 Å². The summed E-state index contributed by atoms with van der Waals surface area (Å²) in [4.78, 5) is 15.6. The first-order valence-electron chi connectivity index (χ1n) is 7.00. The van der Waals surface area contributed by atoms with Crippen molar-refractivity contribution in [2.45, 2.75) is 31.6 Å². The molecule has 5 heteroatoms. The van der Waals surface area contributed by atoms with E-state index in [4.69, 9.17) is 11.3 Å². The smallest absolute Gasteiger partial charge is 0.251 e. The number of aliphatic hydroxyl groups excluding tert-OH is 1. The molecule has 0 spiro atoms. The molecule has 1 aromatic carbocycles. The zero-order valence-corrected chi connectivity index (χ0v) is 12.4. The van der Waals surface area contributed by atoms with Crippen molar-refractivity contribution in [1.82, 2.24) is 4.57 Å². The summed E-state index contributed by atoms with van der Waals surface area (Å²) in [5, 5.41) is 10.7. The molecule has 2 aromatic rings. The highest BCUT2D eigenvalue weighted by molar-refractivity contribution is 5.54. The summed E-state index contributed by atoms with van der Waals surface area (Å²) in [7, 11) is 0. The largest absolute Gasteiger partial charge is 0.485 e. The fraction of sp³-hybridized carbons (Fsp3) is 0.294. The average Bonchev–Trinajstić information content (AvgIpc) is 2.49. The molecule has 0 unspecified atom stereocenters. The van der Waals surface area contributed by atoms with Gasteiger partial charge in [0.05, 0.1) is 12.6 Å². The van der Waals surface area contributed by atoms with Gasteiger partial charge < -0.3 is 14.4 Å². The number of benzene rings is 1. The van der Waals surface area contributed by atoms with E-state index >= 15 is 0 Å². The van der Waals surface area contributed by atoms with Crippen molar-refractivity contribution in [3.8, 4) is 5.75 Å². The summed E-state index contributed by atoms with van der Waals surface area (Å²) < 4.78 is 7.34. The van der Waals surface area contributed by atoms with E-state index in [2.05, 4.69) is 4.85 Å². The summed E-state index contributed by atoms with van der Waals surface area (Å²) >= 11 is 0. The Bertz CT molecular complexity index is 817. The van der Waals surface area contributed by atoms with Gasteiger partial charge in [-0.15, -0.1) is 0 Å². The Hall–Kier alpha value is -2.58. The number of aromatic nitrogens is 1. The second kappa shape index (κ2) is 5.00. The molecule has 0 radical (unpaired) electrons. The topological polar surface area (TPSA) is 55.8 Å². The number of hydrogen-bond acceptors (Lipinski definition) is 3. The van der Waals surface area contributed by atoms with E-state index in [0.717, 1.165) is 0 Å². The molecule has 1 aliphatic heterocycles. The van der Waals surface area contributed by atoms with Crippen molar-refractivity contribution in [2.24, 2.45) is 0 Å². The molecule has 0 amide bonds. The van der Waals surface area contributed by atoms with Crippen LogP contribution in [0.2, 0.25) is 0 Å². The first-order valence-corrected chi connectivity index (χ1v) is 7.00. The van der Waals surface area contributed by atoms with Crippen LogP contribution in [0.1, 0.15) is 25.5 Å². The van der Waals surface area contributed by atoms with Crippen molar-refractivity contribution >= 4 is 5.69 Å². The zero-order valence-electron chi connectivity index (χ0n) is 12.4. The van der Waals surface area contributed by atoms with Gasteiger partial charge in [-0.25, -0.2) is 4.85 Å². The zero-order chi connectivity index (χ0) is 15.9.